The number of hydrogen-bond donors (Lipinski definition) is 2. The van der Waals surface area contributed by atoms with E-state index in [1.807, 2.05) is 0 Å². The summed E-state index contributed by atoms with van der Waals surface area (Å²) in [4.78, 5) is 10.5. The van der Waals surface area contributed by atoms with Crippen LogP contribution < -0.4 is 11.1 Å². The van der Waals surface area contributed by atoms with Crippen LogP contribution in [0.15, 0.2) is 12.5 Å². The van der Waals surface area contributed by atoms with Crippen molar-refractivity contribution in [2.24, 2.45) is 0 Å². The van der Waals surface area contributed by atoms with Crippen molar-refractivity contribution in [2.75, 3.05) is 30.7 Å². The van der Waals surface area contributed by atoms with Gasteiger partial charge in [0.25, 0.3) is 0 Å². The van der Waals surface area contributed by atoms with E-state index in [1.165, 1.54) is 25.7 Å². The number of aromatic nitrogens is 2. The molecule has 0 spiro atoms. The standard InChI is InChI=1S/C11H19N5/c1-2-16-5-3-4-9(7-16)15-11-10(12)6-13-8-14-11/h6,8-9H,2-5,7,12H2,1H3,(H,13,14,15). The number of nitrogens with two attached hydrogens (primary N) is 1. The van der Waals surface area contributed by atoms with Gasteiger partial charge in [-0.15, -0.1) is 0 Å². The highest BCUT2D eigenvalue weighted by molar-refractivity contribution is 5.59. The van der Waals surface area contributed by atoms with Gasteiger partial charge >= 0.3 is 0 Å². The lowest BCUT2D eigenvalue weighted by Crippen LogP contribution is -2.42. The molecule has 0 radical (unpaired) electrons. The molecule has 1 saturated heterocycles. The molecule has 1 aromatic rings. The fourth-order valence-corrected chi connectivity index (χ4v) is 2.11. The lowest BCUT2D eigenvalue weighted by molar-refractivity contribution is 0.226. The van der Waals surface area contributed by atoms with E-state index >= 15 is 0 Å². The van der Waals surface area contributed by atoms with Crippen molar-refractivity contribution in [2.45, 2.75) is 25.8 Å². The molecule has 1 unspecified atom stereocenters. The van der Waals surface area contributed by atoms with Crippen molar-refractivity contribution in [3.63, 3.8) is 0 Å². The molecule has 88 valence electrons. The maximum Gasteiger partial charge on any atom is 0.152 e. The van der Waals surface area contributed by atoms with Crippen molar-refractivity contribution in [3.8, 4) is 0 Å². The number of nitrogen functional groups attached to an aromatic ring is 1. The second-order valence-corrected chi connectivity index (χ2v) is 4.20. The summed E-state index contributed by atoms with van der Waals surface area (Å²) in [5.74, 6) is 0.762. The van der Waals surface area contributed by atoms with Crippen LogP contribution in [0.2, 0.25) is 0 Å². The van der Waals surface area contributed by atoms with Crippen LogP contribution in [0.4, 0.5) is 11.5 Å². The van der Waals surface area contributed by atoms with Gasteiger partial charge in [0.1, 0.15) is 6.33 Å². The Morgan fingerprint density at radius 1 is 1.62 bits per heavy atom. The van der Waals surface area contributed by atoms with Crippen LogP contribution in [0.3, 0.4) is 0 Å². The van der Waals surface area contributed by atoms with Crippen LogP contribution in [0.25, 0.3) is 0 Å². The largest absolute Gasteiger partial charge is 0.394 e. The Kier molecular flexibility index (Phi) is 3.56. The number of piperidine rings is 1. The minimum Gasteiger partial charge on any atom is -0.394 e. The molecular weight excluding hydrogens is 202 g/mol. The summed E-state index contributed by atoms with van der Waals surface area (Å²) in [7, 11) is 0. The first-order chi connectivity index (χ1) is 7.79. The van der Waals surface area contributed by atoms with Gasteiger partial charge < -0.3 is 16.0 Å². The number of likely N-dealkylation sites (tertiary alicyclic amines) is 1. The maximum absolute atomic E-state index is 5.80. The van der Waals surface area contributed by atoms with Crippen LogP contribution in [-0.2, 0) is 0 Å². The molecule has 0 saturated carbocycles. The van der Waals surface area contributed by atoms with E-state index in [2.05, 4.69) is 27.1 Å². The molecule has 5 nitrogen and oxygen atoms in total. The third kappa shape index (κ3) is 2.61. The Bertz CT molecular complexity index is 341. The molecule has 2 heterocycles. The molecule has 0 bridgehead atoms. The Morgan fingerprint density at radius 3 is 3.25 bits per heavy atom. The summed E-state index contributed by atoms with van der Waals surface area (Å²) in [6, 6.07) is 0.450. The average molecular weight is 221 g/mol. The lowest BCUT2D eigenvalue weighted by Gasteiger charge is -2.32. The molecule has 1 aromatic heterocycles. The van der Waals surface area contributed by atoms with E-state index in [0.717, 1.165) is 18.9 Å². The van der Waals surface area contributed by atoms with Crippen molar-refractivity contribution in [3.05, 3.63) is 12.5 Å². The molecular formula is C11H19N5. The van der Waals surface area contributed by atoms with Crippen molar-refractivity contribution >= 4 is 11.5 Å². The van der Waals surface area contributed by atoms with E-state index in [1.54, 1.807) is 6.20 Å². The highest BCUT2D eigenvalue weighted by atomic mass is 15.2. The van der Waals surface area contributed by atoms with E-state index in [-0.39, 0.29) is 0 Å². The molecule has 16 heavy (non-hydrogen) atoms. The molecule has 1 aliphatic heterocycles. The zero-order chi connectivity index (χ0) is 11.4. The number of hydrogen-bond acceptors (Lipinski definition) is 5. The van der Waals surface area contributed by atoms with E-state index in [9.17, 15) is 0 Å². The number of rotatable bonds is 3. The summed E-state index contributed by atoms with van der Waals surface area (Å²) in [5, 5.41) is 3.40. The van der Waals surface area contributed by atoms with Crippen LogP contribution in [-0.4, -0.2) is 40.5 Å². The highest BCUT2D eigenvalue weighted by Gasteiger charge is 2.19. The Hall–Kier alpha value is -1.36. The molecule has 1 fully saturated rings. The Labute approximate surface area is 96.1 Å². The normalized spacial score (nSPS) is 21.9. The Morgan fingerprint density at radius 2 is 2.50 bits per heavy atom. The predicted molar refractivity (Wildman–Crippen MR) is 65.2 cm³/mol. The van der Waals surface area contributed by atoms with Crippen LogP contribution >= 0.6 is 0 Å². The SMILES string of the molecule is CCN1CCCC(Nc2ncncc2N)C1. The summed E-state index contributed by atoms with van der Waals surface area (Å²) < 4.78 is 0. The monoisotopic (exact) mass is 221 g/mol. The van der Waals surface area contributed by atoms with Crippen molar-refractivity contribution in [1.29, 1.82) is 0 Å². The quantitative estimate of drug-likeness (QED) is 0.795. The molecule has 0 aliphatic carbocycles. The first-order valence-electron chi connectivity index (χ1n) is 5.84. The van der Waals surface area contributed by atoms with Gasteiger partial charge in [-0.25, -0.2) is 9.97 Å². The third-order valence-corrected chi connectivity index (χ3v) is 3.03. The molecule has 5 heteroatoms. The molecule has 0 amide bonds. The molecule has 2 rings (SSSR count). The smallest absolute Gasteiger partial charge is 0.152 e. The van der Waals surface area contributed by atoms with Gasteiger partial charge in [-0.3, -0.25) is 0 Å². The fourth-order valence-electron chi connectivity index (χ4n) is 2.11. The van der Waals surface area contributed by atoms with Crippen LogP contribution in [0.5, 0.6) is 0 Å². The van der Waals surface area contributed by atoms with Gasteiger partial charge in [0.15, 0.2) is 5.82 Å². The Balaban J connectivity index is 1.97. The summed E-state index contributed by atoms with van der Waals surface area (Å²) >= 11 is 0. The lowest BCUT2D eigenvalue weighted by atomic mass is 10.1. The number of nitrogens with one attached hydrogen (secondary N) is 1. The van der Waals surface area contributed by atoms with Gasteiger partial charge in [0.2, 0.25) is 0 Å². The van der Waals surface area contributed by atoms with Gasteiger partial charge in [0.05, 0.1) is 11.9 Å². The predicted octanol–water partition coefficient (Wildman–Crippen LogP) is 0.955. The van der Waals surface area contributed by atoms with Crippen molar-refractivity contribution in [1.82, 2.24) is 14.9 Å². The third-order valence-electron chi connectivity index (χ3n) is 3.03. The van der Waals surface area contributed by atoms with Gasteiger partial charge in [0, 0.05) is 12.6 Å². The zero-order valence-electron chi connectivity index (χ0n) is 9.69. The summed E-state index contributed by atoms with van der Waals surface area (Å²) in [5.41, 5.74) is 6.43. The first kappa shape index (κ1) is 11.1. The fraction of sp³-hybridized carbons (Fsp3) is 0.636. The van der Waals surface area contributed by atoms with Gasteiger partial charge in [-0.2, -0.15) is 0 Å². The molecule has 1 aliphatic rings. The summed E-state index contributed by atoms with van der Waals surface area (Å²) in [6.45, 7) is 5.58. The highest BCUT2D eigenvalue weighted by Crippen LogP contribution is 2.17. The minimum atomic E-state index is 0.450. The van der Waals surface area contributed by atoms with Crippen molar-refractivity contribution < 1.29 is 0 Å². The van der Waals surface area contributed by atoms with E-state index < -0.39 is 0 Å². The van der Waals surface area contributed by atoms with E-state index in [4.69, 9.17) is 5.73 Å². The second kappa shape index (κ2) is 5.12. The molecule has 0 aromatic carbocycles. The summed E-state index contributed by atoms with van der Waals surface area (Å²) in [6.07, 6.45) is 5.57. The van der Waals surface area contributed by atoms with Gasteiger partial charge in [-0.05, 0) is 25.9 Å². The van der Waals surface area contributed by atoms with E-state index in [0.29, 0.717) is 11.7 Å². The van der Waals surface area contributed by atoms with Gasteiger partial charge in [-0.1, -0.05) is 6.92 Å². The van der Waals surface area contributed by atoms with Crippen LogP contribution in [0.1, 0.15) is 19.8 Å². The minimum absolute atomic E-state index is 0.450. The first-order valence-corrected chi connectivity index (χ1v) is 5.84. The second-order valence-electron chi connectivity index (χ2n) is 4.20. The number of nitrogens with zero attached hydrogens (tertiary/aromatic N) is 3. The topological polar surface area (TPSA) is 67.1 Å². The number of anilines is 2. The maximum atomic E-state index is 5.80. The average Bonchev–Trinajstić information content (AvgIpc) is 2.32. The molecule has 3 N–H and O–H groups in total. The zero-order valence-corrected chi connectivity index (χ0v) is 9.69. The number of likely N-dealkylation sites (N-methyl/N-ethyl adjacent to an activating group) is 1. The van der Waals surface area contributed by atoms with Crippen LogP contribution in [0, 0.1) is 0 Å². The molecule has 1 atom stereocenters.